The quantitative estimate of drug-likeness (QED) is 0.875. The van der Waals surface area contributed by atoms with E-state index in [4.69, 9.17) is 0 Å². The van der Waals surface area contributed by atoms with Crippen molar-refractivity contribution in [1.29, 1.82) is 0 Å². The molecule has 120 valence electrons. The second kappa shape index (κ2) is 7.40. The SMILES string of the molecule is Cc1cc(NC(=O)CCC2CCNC2)ccc1C(=O)N(C)C. The summed E-state index contributed by atoms with van der Waals surface area (Å²) in [5, 5.41) is 6.23. The Hall–Kier alpha value is -1.88. The minimum absolute atomic E-state index is 0.0240. The minimum Gasteiger partial charge on any atom is -0.345 e. The van der Waals surface area contributed by atoms with E-state index in [-0.39, 0.29) is 11.8 Å². The van der Waals surface area contributed by atoms with E-state index >= 15 is 0 Å². The van der Waals surface area contributed by atoms with Crippen LogP contribution in [0, 0.1) is 12.8 Å². The molecular weight excluding hydrogens is 278 g/mol. The van der Waals surface area contributed by atoms with Crippen molar-refractivity contribution in [2.45, 2.75) is 26.2 Å². The zero-order chi connectivity index (χ0) is 16.1. The van der Waals surface area contributed by atoms with Gasteiger partial charge in [-0.15, -0.1) is 0 Å². The normalized spacial score (nSPS) is 17.3. The Kier molecular flexibility index (Phi) is 5.55. The van der Waals surface area contributed by atoms with Crippen molar-refractivity contribution < 1.29 is 9.59 Å². The summed E-state index contributed by atoms with van der Waals surface area (Å²) >= 11 is 0. The first-order chi connectivity index (χ1) is 10.5. The number of hydrogen-bond acceptors (Lipinski definition) is 3. The molecule has 1 unspecified atom stereocenters. The first-order valence-corrected chi connectivity index (χ1v) is 7.80. The van der Waals surface area contributed by atoms with E-state index in [1.807, 2.05) is 13.0 Å². The van der Waals surface area contributed by atoms with Gasteiger partial charge in [0.05, 0.1) is 0 Å². The van der Waals surface area contributed by atoms with Gasteiger partial charge in [-0.3, -0.25) is 9.59 Å². The summed E-state index contributed by atoms with van der Waals surface area (Å²) in [7, 11) is 3.46. The van der Waals surface area contributed by atoms with Crippen molar-refractivity contribution in [2.24, 2.45) is 5.92 Å². The summed E-state index contributed by atoms with van der Waals surface area (Å²) in [6.07, 6.45) is 2.63. The second-order valence-electron chi connectivity index (χ2n) is 6.17. The van der Waals surface area contributed by atoms with Gasteiger partial charge in [0.15, 0.2) is 0 Å². The highest BCUT2D eigenvalue weighted by Crippen LogP contribution is 2.18. The van der Waals surface area contributed by atoms with Crippen LogP contribution in [0.5, 0.6) is 0 Å². The Morgan fingerprint density at radius 2 is 2.14 bits per heavy atom. The first kappa shape index (κ1) is 16.5. The van der Waals surface area contributed by atoms with Crippen molar-refractivity contribution >= 4 is 17.5 Å². The van der Waals surface area contributed by atoms with E-state index in [2.05, 4.69) is 10.6 Å². The molecule has 1 aromatic carbocycles. The third kappa shape index (κ3) is 4.31. The molecule has 2 rings (SSSR count). The molecule has 0 radical (unpaired) electrons. The number of carbonyl (C=O) groups excluding carboxylic acids is 2. The Labute approximate surface area is 132 Å². The van der Waals surface area contributed by atoms with Gasteiger partial charge in [0.2, 0.25) is 5.91 Å². The Morgan fingerprint density at radius 3 is 2.73 bits per heavy atom. The number of benzene rings is 1. The molecule has 0 bridgehead atoms. The summed E-state index contributed by atoms with van der Waals surface area (Å²) in [6.45, 7) is 3.97. The molecule has 2 N–H and O–H groups in total. The number of rotatable bonds is 5. The fourth-order valence-corrected chi connectivity index (χ4v) is 2.74. The summed E-state index contributed by atoms with van der Waals surface area (Å²) in [4.78, 5) is 25.5. The number of anilines is 1. The zero-order valence-electron chi connectivity index (χ0n) is 13.6. The van der Waals surface area contributed by atoms with E-state index in [9.17, 15) is 9.59 Å². The molecule has 1 atom stereocenters. The molecule has 1 saturated heterocycles. The molecule has 5 heteroatoms. The molecule has 0 spiro atoms. The van der Waals surface area contributed by atoms with E-state index in [1.54, 1.807) is 31.1 Å². The van der Waals surface area contributed by atoms with Crippen molar-refractivity contribution in [1.82, 2.24) is 10.2 Å². The summed E-state index contributed by atoms with van der Waals surface area (Å²) in [6, 6.07) is 5.42. The highest BCUT2D eigenvalue weighted by Gasteiger charge is 2.16. The smallest absolute Gasteiger partial charge is 0.253 e. The van der Waals surface area contributed by atoms with E-state index in [1.165, 1.54) is 0 Å². The van der Waals surface area contributed by atoms with Gasteiger partial charge in [-0.05, 0) is 62.5 Å². The van der Waals surface area contributed by atoms with Crippen LogP contribution in [0.1, 0.15) is 35.2 Å². The number of hydrogen-bond donors (Lipinski definition) is 2. The van der Waals surface area contributed by atoms with Gasteiger partial charge in [-0.1, -0.05) is 0 Å². The van der Waals surface area contributed by atoms with Crippen LogP contribution < -0.4 is 10.6 Å². The maximum Gasteiger partial charge on any atom is 0.253 e. The molecule has 22 heavy (non-hydrogen) atoms. The van der Waals surface area contributed by atoms with Gasteiger partial charge in [0, 0.05) is 31.8 Å². The molecule has 5 nitrogen and oxygen atoms in total. The van der Waals surface area contributed by atoms with E-state index in [0.717, 1.165) is 37.2 Å². The molecule has 1 aliphatic heterocycles. The highest BCUT2D eigenvalue weighted by molar-refractivity contribution is 5.97. The number of carbonyl (C=O) groups is 2. The monoisotopic (exact) mass is 303 g/mol. The topological polar surface area (TPSA) is 61.4 Å². The first-order valence-electron chi connectivity index (χ1n) is 7.80. The van der Waals surface area contributed by atoms with Crippen LogP contribution in [0.4, 0.5) is 5.69 Å². The van der Waals surface area contributed by atoms with Crippen LogP contribution in [-0.2, 0) is 4.79 Å². The minimum atomic E-state index is -0.0240. The molecule has 0 aliphatic carbocycles. The average Bonchev–Trinajstić information content (AvgIpc) is 2.98. The number of nitrogens with zero attached hydrogens (tertiary/aromatic N) is 1. The Bertz CT molecular complexity index is 549. The summed E-state index contributed by atoms with van der Waals surface area (Å²) < 4.78 is 0. The molecular formula is C17H25N3O2. The predicted octanol–water partition coefficient (Wildman–Crippen LogP) is 2.03. The molecule has 0 aromatic heterocycles. The maximum absolute atomic E-state index is 12.0. The lowest BCUT2D eigenvalue weighted by Gasteiger charge is -2.14. The van der Waals surface area contributed by atoms with Crippen molar-refractivity contribution in [3.63, 3.8) is 0 Å². The molecule has 1 heterocycles. The lowest BCUT2D eigenvalue weighted by atomic mass is 10.0. The predicted molar refractivity (Wildman–Crippen MR) is 88.0 cm³/mol. The molecule has 1 fully saturated rings. The summed E-state index contributed by atoms with van der Waals surface area (Å²) in [5.74, 6) is 0.634. The second-order valence-corrected chi connectivity index (χ2v) is 6.17. The fraction of sp³-hybridized carbons (Fsp3) is 0.529. The van der Waals surface area contributed by atoms with E-state index < -0.39 is 0 Å². The van der Waals surface area contributed by atoms with Gasteiger partial charge in [-0.25, -0.2) is 0 Å². The van der Waals surface area contributed by atoms with Crippen LogP contribution in [-0.4, -0.2) is 43.9 Å². The van der Waals surface area contributed by atoms with Gasteiger partial charge in [0.25, 0.3) is 5.91 Å². The molecule has 2 amide bonds. The van der Waals surface area contributed by atoms with Crippen LogP contribution in [0.25, 0.3) is 0 Å². The Balaban J connectivity index is 1.91. The molecule has 0 saturated carbocycles. The zero-order valence-corrected chi connectivity index (χ0v) is 13.6. The van der Waals surface area contributed by atoms with Crippen molar-refractivity contribution in [3.8, 4) is 0 Å². The maximum atomic E-state index is 12.0. The lowest BCUT2D eigenvalue weighted by Crippen LogP contribution is -2.22. The van der Waals surface area contributed by atoms with Crippen LogP contribution >= 0.6 is 0 Å². The lowest BCUT2D eigenvalue weighted by molar-refractivity contribution is -0.116. The van der Waals surface area contributed by atoms with Gasteiger partial charge in [0.1, 0.15) is 0 Å². The standard InChI is InChI=1S/C17H25N3O2/c1-12-10-14(5-6-15(12)17(22)20(2)3)19-16(21)7-4-13-8-9-18-11-13/h5-6,10,13,18H,4,7-9,11H2,1-3H3,(H,19,21). The van der Waals surface area contributed by atoms with Crippen molar-refractivity contribution in [2.75, 3.05) is 32.5 Å². The van der Waals surface area contributed by atoms with Gasteiger partial charge >= 0.3 is 0 Å². The summed E-state index contributed by atoms with van der Waals surface area (Å²) in [5.41, 5.74) is 2.29. The van der Waals surface area contributed by atoms with Crippen LogP contribution in [0.15, 0.2) is 18.2 Å². The number of amides is 2. The van der Waals surface area contributed by atoms with Crippen LogP contribution in [0.2, 0.25) is 0 Å². The number of aryl methyl sites for hydroxylation is 1. The Morgan fingerprint density at radius 1 is 1.36 bits per heavy atom. The number of nitrogens with one attached hydrogen (secondary N) is 2. The molecule has 1 aromatic rings. The van der Waals surface area contributed by atoms with E-state index in [0.29, 0.717) is 17.9 Å². The highest BCUT2D eigenvalue weighted by atomic mass is 16.2. The largest absolute Gasteiger partial charge is 0.345 e. The fourth-order valence-electron chi connectivity index (χ4n) is 2.74. The average molecular weight is 303 g/mol. The van der Waals surface area contributed by atoms with Crippen LogP contribution in [0.3, 0.4) is 0 Å². The van der Waals surface area contributed by atoms with Gasteiger partial charge < -0.3 is 15.5 Å². The third-order valence-electron chi connectivity index (χ3n) is 4.09. The van der Waals surface area contributed by atoms with Crippen molar-refractivity contribution in [3.05, 3.63) is 29.3 Å². The van der Waals surface area contributed by atoms with Gasteiger partial charge in [-0.2, -0.15) is 0 Å². The third-order valence-corrected chi connectivity index (χ3v) is 4.09. The molecule has 1 aliphatic rings.